The van der Waals surface area contributed by atoms with Gasteiger partial charge in [-0.25, -0.2) is 4.98 Å². The number of thiazole rings is 1. The van der Waals surface area contributed by atoms with Crippen molar-refractivity contribution >= 4 is 41.3 Å². The lowest BCUT2D eigenvalue weighted by atomic mass is 10.1. The molecule has 0 spiro atoms. The molecule has 1 aromatic heterocycles. The number of nitrogens with one attached hydrogen (secondary N) is 2. The molecule has 0 amide bonds. The van der Waals surface area contributed by atoms with E-state index in [4.69, 9.17) is 4.74 Å². The third-order valence-corrected chi connectivity index (χ3v) is 5.36. The van der Waals surface area contributed by atoms with Crippen LogP contribution >= 0.6 is 35.3 Å². The molecule has 1 heterocycles. The average molecular weight is 536 g/mol. The van der Waals surface area contributed by atoms with Crippen molar-refractivity contribution in [3.05, 3.63) is 87.4 Å². The monoisotopic (exact) mass is 536 g/mol. The van der Waals surface area contributed by atoms with E-state index in [1.165, 1.54) is 21.6 Å². The SMILES string of the molecule is CN=C(NCCc1ncc(C)s1)NCc1ccc(COCc2ccccc2)cc1.I. The topological polar surface area (TPSA) is 58.5 Å². The number of ether oxygens (including phenoxy) is 1. The minimum atomic E-state index is 0. The number of guanidine groups is 1. The summed E-state index contributed by atoms with van der Waals surface area (Å²) in [6, 6.07) is 18.7. The molecule has 0 fully saturated rings. The smallest absolute Gasteiger partial charge is 0.191 e. The van der Waals surface area contributed by atoms with Crippen LogP contribution in [0, 0.1) is 6.92 Å². The van der Waals surface area contributed by atoms with Crippen LogP contribution in [0.4, 0.5) is 0 Å². The fraction of sp³-hybridized carbons (Fsp3) is 0.304. The second kappa shape index (κ2) is 13.4. The highest BCUT2D eigenvalue weighted by atomic mass is 127. The third kappa shape index (κ3) is 8.41. The summed E-state index contributed by atoms with van der Waals surface area (Å²) in [5.41, 5.74) is 3.57. The second-order valence-electron chi connectivity index (χ2n) is 6.76. The number of benzene rings is 2. The van der Waals surface area contributed by atoms with E-state index in [1.807, 2.05) is 24.4 Å². The molecule has 30 heavy (non-hydrogen) atoms. The Morgan fingerprint density at radius 1 is 0.967 bits per heavy atom. The van der Waals surface area contributed by atoms with Crippen LogP contribution in [0.5, 0.6) is 0 Å². The molecule has 0 bridgehead atoms. The molecule has 2 N–H and O–H groups in total. The minimum absolute atomic E-state index is 0. The highest BCUT2D eigenvalue weighted by Gasteiger charge is 2.02. The van der Waals surface area contributed by atoms with E-state index < -0.39 is 0 Å². The van der Waals surface area contributed by atoms with Gasteiger partial charge in [-0.2, -0.15) is 0 Å². The van der Waals surface area contributed by atoms with Gasteiger partial charge in [-0.1, -0.05) is 54.6 Å². The zero-order chi connectivity index (χ0) is 20.3. The molecule has 160 valence electrons. The van der Waals surface area contributed by atoms with Crippen LogP contribution in [0.1, 0.15) is 26.6 Å². The van der Waals surface area contributed by atoms with Gasteiger partial charge in [0, 0.05) is 37.6 Å². The Hall–Kier alpha value is -1.97. The number of halogens is 1. The van der Waals surface area contributed by atoms with Gasteiger partial charge in [0.15, 0.2) is 5.96 Å². The fourth-order valence-corrected chi connectivity index (χ4v) is 3.61. The normalized spacial score (nSPS) is 11.1. The van der Waals surface area contributed by atoms with Gasteiger partial charge in [-0.3, -0.25) is 4.99 Å². The minimum Gasteiger partial charge on any atom is -0.372 e. The summed E-state index contributed by atoms with van der Waals surface area (Å²) in [7, 11) is 1.79. The Kier molecular flexibility index (Phi) is 10.8. The molecule has 0 radical (unpaired) electrons. The molecule has 3 aromatic rings. The highest BCUT2D eigenvalue weighted by molar-refractivity contribution is 14.0. The fourth-order valence-electron chi connectivity index (χ4n) is 2.83. The molecule has 7 heteroatoms. The van der Waals surface area contributed by atoms with E-state index in [1.54, 1.807) is 18.4 Å². The van der Waals surface area contributed by atoms with Gasteiger partial charge in [0.1, 0.15) is 0 Å². The van der Waals surface area contributed by atoms with Crippen LogP contribution in [-0.4, -0.2) is 24.5 Å². The first-order valence-corrected chi connectivity index (χ1v) is 10.6. The molecule has 0 saturated carbocycles. The molecular formula is C23H29IN4OS. The first-order valence-electron chi connectivity index (χ1n) is 9.78. The maximum Gasteiger partial charge on any atom is 0.191 e. The third-order valence-electron chi connectivity index (χ3n) is 4.39. The zero-order valence-electron chi connectivity index (χ0n) is 17.4. The van der Waals surface area contributed by atoms with Gasteiger partial charge < -0.3 is 15.4 Å². The molecule has 0 unspecified atom stereocenters. The molecule has 0 aliphatic heterocycles. The van der Waals surface area contributed by atoms with Crippen molar-refractivity contribution in [2.24, 2.45) is 4.99 Å². The molecule has 5 nitrogen and oxygen atoms in total. The predicted molar refractivity (Wildman–Crippen MR) is 136 cm³/mol. The van der Waals surface area contributed by atoms with E-state index in [2.05, 4.69) is 63.9 Å². The molecular weight excluding hydrogens is 507 g/mol. The maximum atomic E-state index is 5.79. The van der Waals surface area contributed by atoms with Crippen molar-refractivity contribution in [3.8, 4) is 0 Å². The summed E-state index contributed by atoms with van der Waals surface area (Å²) < 4.78 is 5.79. The van der Waals surface area contributed by atoms with Crippen molar-refractivity contribution in [2.75, 3.05) is 13.6 Å². The number of aryl methyl sites for hydroxylation is 1. The summed E-state index contributed by atoms with van der Waals surface area (Å²) in [5.74, 6) is 0.800. The van der Waals surface area contributed by atoms with Crippen LogP contribution in [0.25, 0.3) is 0 Å². The molecule has 0 aliphatic rings. The van der Waals surface area contributed by atoms with E-state index in [0.717, 1.165) is 30.5 Å². The first kappa shape index (κ1) is 24.3. The van der Waals surface area contributed by atoms with Crippen molar-refractivity contribution in [1.82, 2.24) is 15.6 Å². The Labute approximate surface area is 200 Å². The summed E-state index contributed by atoms with van der Waals surface area (Å²) in [6.07, 6.45) is 2.82. The van der Waals surface area contributed by atoms with E-state index in [0.29, 0.717) is 13.2 Å². The predicted octanol–water partition coefficient (Wildman–Crippen LogP) is 4.69. The number of aliphatic imine (C=N–C) groups is 1. The van der Waals surface area contributed by atoms with Gasteiger partial charge in [0.2, 0.25) is 0 Å². The van der Waals surface area contributed by atoms with Gasteiger partial charge in [-0.05, 0) is 23.6 Å². The first-order chi connectivity index (χ1) is 14.2. The molecule has 2 aromatic carbocycles. The highest BCUT2D eigenvalue weighted by Crippen LogP contribution is 2.11. The lowest BCUT2D eigenvalue weighted by molar-refractivity contribution is 0.107. The maximum absolute atomic E-state index is 5.79. The van der Waals surface area contributed by atoms with Crippen molar-refractivity contribution in [3.63, 3.8) is 0 Å². The van der Waals surface area contributed by atoms with E-state index >= 15 is 0 Å². The Bertz CT molecular complexity index is 897. The van der Waals surface area contributed by atoms with Crippen LogP contribution in [-0.2, 0) is 30.9 Å². The zero-order valence-corrected chi connectivity index (χ0v) is 20.6. The van der Waals surface area contributed by atoms with Crippen molar-refractivity contribution in [2.45, 2.75) is 33.1 Å². The Balaban J connectivity index is 0.00000320. The van der Waals surface area contributed by atoms with Gasteiger partial charge in [-0.15, -0.1) is 35.3 Å². The Morgan fingerprint density at radius 2 is 1.63 bits per heavy atom. The van der Waals surface area contributed by atoms with Crippen molar-refractivity contribution < 1.29 is 4.74 Å². The summed E-state index contributed by atoms with van der Waals surface area (Å²) >= 11 is 1.74. The lowest BCUT2D eigenvalue weighted by Gasteiger charge is -2.12. The summed E-state index contributed by atoms with van der Waals surface area (Å²) in [4.78, 5) is 9.92. The standard InChI is InChI=1S/C23H28N4OS.HI/c1-18-14-26-22(29-18)12-13-25-23(24-2)27-15-19-8-10-21(11-9-19)17-28-16-20-6-4-3-5-7-20;/h3-11,14H,12-13,15-17H2,1-2H3,(H2,24,25,27);1H. The molecule has 0 atom stereocenters. The van der Waals surface area contributed by atoms with E-state index in [-0.39, 0.29) is 24.0 Å². The lowest BCUT2D eigenvalue weighted by Crippen LogP contribution is -2.37. The number of hydrogen-bond acceptors (Lipinski definition) is 4. The van der Waals surface area contributed by atoms with Gasteiger partial charge >= 0.3 is 0 Å². The van der Waals surface area contributed by atoms with Crippen LogP contribution in [0.3, 0.4) is 0 Å². The van der Waals surface area contributed by atoms with Gasteiger partial charge in [0.25, 0.3) is 0 Å². The van der Waals surface area contributed by atoms with Crippen LogP contribution < -0.4 is 10.6 Å². The number of nitrogens with zero attached hydrogens (tertiary/aromatic N) is 2. The number of hydrogen-bond donors (Lipinski definition) is 2. The molecule has 0 aliphatic carbocycles. The quantitative estimate of drug-likeness (QED) is 0.237. The summed E-state index contributed by atoms with van der Waals surface area (Å²) in [5, 5.41) is 7.84. The molecule has 3 rings (SSSR count). The summed E-state index contributed by atoms with van der Waals surface area (Å²) in [6.45, 7) is 4.86. The second-order valence-corrected chi connectivity index (χ2v) is 8.08. The van der Waals surface area contributed by atoms with Gasteiger partial charge in [0.05, 0.1) is 18.2 Å². The average Bonchev–Trinajstić information content (AvgIpc) is 3.17. The Morgan fingerprint density at radius 3 is 2.27 bits per heavy atom. The van der Waals surface area contributed by atoms with Crippen LogP contribution in [0.2, 0.25) is 0 Å². The molecule has 0 saturated heterocycles. The number of aromatic nitrogens is 1. The largest absolute Gasteiger partial charge is 0.372 e. The van der Waals surface area contributed by atoms with E-state index in [9.17, 15) is 0 Å². The van der Waals surface area contributed by atoms with Crippen molar-refractivity contribution in [1.29, 1.82) is 0 Å². The van der Waals surface area contributed by atoms with Crippen LogP contribution in [0.15, 0.2) is 65.8 Å². The number of rotatable bonds is 9.